The van der Waals surface area contributed by atoms with Crippen molar-refractivity contribution in [3.05, 3.63) is 160 Å². The van der Waals surface area contributed by atoms with E-state index in [1.165, 1.54) is 10.5 Å². The number of ether oxygens (including phenoxy) is 4. The summed E-state index contributed by atoms with van der Waals surface area (Å²) in [4.78, 5) is 44.2. The van der Waals surface area contributed by atoms with Gasteiger partial charge in [0.2, 0.25) is 17.6 Å². The van der Waals surface area contributed by atoms with Crippen LogP contribution >= 0.6 is 0 Å². The molecule has 1 unspecified atom stereocenters. The Balaban J connectivity index is 1.02. The molecule has 5 aliphatic rings. The van der Waals surface area contributed by atoms with Crippen molar-refractivity contribution in [3.8, 4) is 0 Å². The van der Waals surface area contributed by atoms with Gasteiger partial charge in [0.15, 0.2) is 0 Å². The topological polar surface area (TPSA) is 127 Å². The van der Waals surface area contributed by atoms with Gasteiger partial charge >= 0.3 is 5.97 Å². The number of carbonyl (C=O) groups excluding carboxylic acids is 3. The molecule has 0 radical (unpaired) electrons. The van der Waals surface area contributed by atoms with E-state index in [9.17, 15) is 19.5 Å². The molecule has 334 valence electrons. The van der Waals surface area contributed by atoms with E-state index in [1.54, 1.807) is 19.2 Å². The third-order valence-corrected chi connectivity index (χ3v) is 14.6. The van der Waals surface area contributed by atoms with Crippen molar-refractivity contribution in [2.45, 2.75) is 108 Å². The molecule has 2 amide bonds. The fraction of sp³-hybridized carbons (Fsp3) is 0.426. The third kappa shape index (κ3) is 8.73. The highest BCUT2D eigenvalue weighted by Gasteiger charge is 2.57. The predicted octanol–water partition coefficient (Wildman–Crippen LogP) is 8.18. The number of nitrogens with zero attached hydrogens (tertiary/aromatic N) is 1. The Morgan fingerprint density at radius 3 is 2.23 bits per heavy atom. The lowest BCUT2D eigenvalue weighted by Gasteiger charge is -2.53. The summed E-state index contributed by atoms with van der Waals surface area (Å²) in [5, 5.41) is 12.3. The fourth-order valence-electron chi connectivity index (χ4n) is 10.9. The first kappa shape index (κ1) is 43.8. The lowest BCUT2D eigenvalue weighted by Crippen LogP contribution is -2.51. The Labute approximate surface area is 376 Å². The summed E-state index contributed by atoms with van der Waals surface area (Å²) in [6.07, 6.45) is 7.48. The van der Waals surface area contributed by atoms with E-state index in [4.69, 9.17) is 18.9 Å². The number of hydrogen-bond acceptors (Lipinski definition) is 8. The molecule has 10 nitrogen and oxygen atoms in total. The van der Waals surface area contributed by atoms with Gasteiger partial charge in [0.25, 0.3) is 0 Å². The molecular weight excluding hydrogens is 805 g/mol. The van der Waals surface area contributed by atoms with Crippen LogP contribution in [0, 0.1) is 17.3 Å². The SMILES string of the molecule is CN(C(=O)C1=C[C@H]2OC(c3ccccc3)(c3ccccc3)O[C@H]2[C@H](OC(=O)c2cccc(C=C3CCC4O[C@]4(C)CC[C@@H]4[C@@H]3CC4(C)C)c2)C1)[C@H](Cc1ccccc1)C(=O)NCCO. The van der Waals surface area contributed by atoms with Gasteiger partial charge in [-0.2, -0.15) is 0 Å². The highest BCUT2D eigenvalue weighted by atomic mass is 16.8. The number of carbonyl (C=O) groups is 3. The smallest absolute Gasteiger partial charge is 0.338 e. The Morgan fingerprint density at radius 1 is 0.875 bits per heavy atom. The summed E-state index contributed by atoms with van der Waals surface area (Å²) in [5.74, 6) is -1.60. The Bertz CT molecular complexity index is 2360. The second kappa shape index (κ2) is 17.9. The quantitative estimate of drug-likeness (QED) is 0.108. The Morgan fingerprint density at radius 2 is 1.56 bits per heavy atom. The van der Waals surface area contributed by atoms with Gasteiger partial charge in [-0.1, -0.05) is 129 Å². The molecule has 2 heterocycles. The first-order chi connectivity index (χ1) is 30.9. The van der Waals surface area contributed by atoms with Gasteiger partial charge < -0.3 is 34.3 Å². The number of aliphatic hydroxyl groups excluding tert-OH is 1. The van der Waals surface area contributed by atoms with Crippen molar-refractivity contribution in [1.82, 2.24) is 10.2 Å². The van der Waals surface area contributed by atoms with Crippen LogP contribution in [0.25, 0.3) is 6.08 Å². The second-order valence-corrected chi connectivity index (χ2v) is 19.2. The molecule has 0 spiro atoms. The normalized spacial score (nSPS) is 28.6. The van der Waals surface area contributed by atoms with E-state index < -0.39 is 42.0 Å². The van der Waals surface area contributed by atoms with Crippen LogP contribution in [-0.4, -0.2) is 84.0 Å². The van der Waals surface area contributed by atoms with Crippen LogP contribution in [0.1, 0.15) is 91.9 Å². The highest BCUT2D eigenvalue weighted by Crippen LogP contribution is 2.60. The molecular formula is C54H60N2O8. The molecule has 2 aliphatic heterocycles. The number of epoxide rings is 1. The monoisotopic (exact) mass is 864 g/mol. The molecule has 2 N–H and O–H groups in total. The summed E-state index contributed by atoms with van der Waals surface area (Å²) >= 11 is 0. The Kier molecular flexibility index (Phi) is 12.2. The largest absolute Gasteiger partial charge is 0.456 e. The van der Waals surface area contributed by atoms with Crippen molar-refractivity contribution >= 4 is 23.9 Å². The van der Waals surface area contributed by atoms with Crippen LogP contribution < -0.4 is 5.32 Å². The highest BCUT2D eigenvalue weighted by molar-refractivity contribution is 5.97. The molecule has 0 aromatic heterocycles. The first-order valence-corrected chi connectivity index (χ1v) is 22.9. The van der Waals surface area contributed by atoms with Crippen molar-refractivity contribution in [3.63, 3.8) is 0 Å². The van der Waals surface area contributed by atoms with Gasteiger partial charge in [-0.25, -0.2) is 4.79 Å². The molecule has 10 heteroatoms. The number of likely N-dealkylation sites (N-methyl/N-ethyl adjacent to an activating group) is 1. The lowest BCUT2D eigenvalue weighted by atomic mass is 9.52. The number of amides is 2. The zero-order chi connectivity index (χ0) is 44.6. The van der Waals surface area contributed by atoms with Crippen LogP contribution in [-0.2, 0) is 40.7 Å². The number of fused-ring (bicyclic) bond motifs is 3. The average molecular weight is 865 g/mol. The summed E-state index contributed by atoms with van der Waals surface area (Å²) in [6, 6.07) is 35.5. The molecule has 9 rings (SSSR count). The fourth-order valence-corrected chi connectivity index (χ4v) is 10.9. The zero-order valence-electron chi connectivity index (χ0n) is 37.3. The number of nitrogens with one attached hydrogen (secondary N) is 1. The van der Waals surface area contributed by atoms with Gasteiger partial charge in [-0.15, -0.1) is 0 Å². The maximum atomic E-state index is 14.7. The average Bonchev–Trinajstić information content (AvgIpc) is 3.76. The van der Waals surface area contributed by atoms with Gasteiger partial charge in [-0.3, -0.25) is 9.59 Å². The molecule has 8 atom stereocenters. The number of allylic oxidation sites excluding steroid dienone is 1. The minimum atomic E-state index is -1.37. The Hall–Kier alpha value is -5.39. The van der Waals surface area contributed by atoms with Crippen LogP contribution in [0.2, 0.25) is 0 Å². The number of esters is 1. The van der Waals surface area contributed by atoms with Gasteiger partial charge in [-0.05, 0) is 85.6 Å². The summed E-state index contributed by atoms with van der Waals surface area (Å²) in [5.41, 5.74) is 5.76. The molecule has 2 saturated carbocycles. The van der Waals surface area contributed by atoms with Crippen LogP contribution in [0.3, 0.4) is 0 Å². The van der Waals surface area contributed by atoms with E-state index in [1.807, 2.05) is 109 Å². The standard InChI is InChI=1S/C54H60N2O8/c1-52(2)34-42-37(23-24-47-53(3,63-47)26-25-43(42)52)29-36-17-14-18-38(30-36)51(60)61-45-32-39(50(59)56(4)44(49(58)55-27-28-57)31-35-15-8-5-9-16-35)33-46-48(45)64-54(62-46,40-19-10-6-11-20-40)41-21-12-7-13-22-41/h5-22,29-30,33,42-48,57H,23-28,31-32,34H2,1-4H3,(H,55,58)/t42-,43-,44-,45-,46-,47?,48+,53-/m1/s1. The van der Waals surface area contributed by atoms with Crippen molar-refractivity contribution in [2.75, 3.05) is 20.2 Å². The van der Waals surface area contributed by atoms with Gasteiger partial charge in [0, 0.05) is 43.1 Å². The molecule has 4 aromatic rings. The van der Waals surface area contributed by atoms with E-state index >= 15 is 0 Å². The van der Waals surface area contributed by atoms with Crippen LogP contribution in [0.4, 0.5) is 0 Å². The zero-order valence-corrected chi connectivity index (χ0v) is 37.3. The predicted molar refractivity (Wildman–Crippen MR) is 244 cm³/mol. The molecule has 64 heavy (non-hydrogen) atoms. The molecule has 4 fully saturated rings. The number of rotatable bonds is 12. The second-order valence-electron chi connectivity index (χ2n) is 19.2. The summed E-state index contributed by atoms with van der Waals surface area (Å²) < 4.78 is 26.7. The minimum Gasteiger partial charge on any atom is -0.456 e. The van der Waals surface area contributed by atoms with E-state index in [0.29, 0.717) is 29.1 Å². The number of aliphatic hydroxyl groups is 1. The van der Waals surface area contributed by atoms with Crippen molar-refractivity contribution in [1.29, 1.82) is 0 Å². The van der Waals surface area contributed by atoms with Crippen LogP contribution in [0.5, 0.6) is 0 Å². The van der Waals surface area contributed by atoms with Crippen LogP contribution in [0.15, 0.2) is 132 Å². The summed E-state index contributed by atoms with van der Waals surface area (Å²) in [6.45, 7) is 6.85. The van der Waals surface area contributed by atoms with E-state index in [0.717, 1.165) is 54.4 Å². The first-order valence-electron chi connectivity index (χ1n) is 22.9. The summed E-state index contributed by atoms with van der Waals surface area (Å²) in [7, 11) is 1.60. The van der Waals surface area contributed by atoms with Crippen molar-refractivity contribution in [2.24, 2.45) is 17.3 Å². The van der Waals surface area contributed by atoms with E-state index in [2.05, 4.69) is 32.2 Å². The third-order valence-electron chi connectivity index (χ3n) is 14.6. The van der Waals surface area contributed by atoms with Crippen molar-refractivity contribution < 1.29 is 38.4 Å². The maximum absolute atomic E-state index is 14.7. The number of benzene rings is 4. The minimum absolute atomic E-state index is 0.00269. The maximum Gasteiger partial charge on any atom is 0.338 e. The molecule has 3 aliphatic carbocycles. The van der Waals surface area contributed by atoms with E-state index in [-0.39, 0.29) is 42.9 Å². The lowest BCUT2D eigenvalue weighted by molar-refractivity contribution is -0.157. The van der Waals surface area contributed by atoms with Gasteiger partial charge in [0.1, 0.15) is 24.4 Å². The number of hydrogen-bond donors (Lipinski definition) is 2. The van der Waals surface area contributed by atoms with Gasteiger partial charge in [0.05, 0.1) is 23.9 Å². The molecule has 0 bridgehead atoms. The molecule has 2 saturated heterocycles. The molecule has 4 aromatic carbocycles.